The second-order valence-corrected chi connectivity index (χ2v) is 6.66. The maximum Gasteiger partial charge on any atom is 0.189 e. The lowest BCUT2D eigenvalue weighted by Gasteiger charge is -2.27. The molecule has 144 valence electrons. The first kappa shape index (κ1) is 18.9. The van der Waals surface area contributed by atoms with Gasteiger partial charge in [0, 0.05) is 24.4 Å². The van der Waals surface area contributed by atoms with Crippen molar-refractivity contribution in [3.05, 3.63) is 54.1 Å². The van der Waals surface area contributed by atoms with Gasteiger partial charge in [-0.25, -0.2) is 0 Å². The van der Waals surface area contributed by atoms with E-state index in [1.807, 2.05) is 42.5 Å². The Labute approximate surface area is 160 Å². The van der Waals surface area contributed by atoms with E-state index in [0.717, 1.165) is 29.2 Å². The molecule has 2 unspecified atom stereocenters. The van der Waals surface area contributed by atoms with Crippen LogP contribution in [-0.2, 0) is 0 Å². The van der Waals surface area contributed by atoms with Crippen LogP contribution < -0.4 is 25.3 Å². The molecule has 0 saturated carbocycles. The molecule has 2 atom stereocenters. The van der Waals surface area contributed by atoms with Crippen molar-refractivity contribution in [1.82, 2.24) is 5.32 Å². The molecule has 0 bridgehead atoms. The zero-order chi connectivity index (χ0) is 19.1. The molecule has 3 N–H and O–H groups in total. The van der Waals surface area contributed by atoms with Gasteiger partial charge < -0.3 is 25.3 Å². The minimum Gasteiger partial charge on any atom is -0.493 e. The number of benzene rings is 2. The molecular weight excluding hydrogens is 342 g/mol. The van der Waals surface area contributed by atoms with Gasteiger partial charge in [-0.1, -0.05) is 37.3 Å². The Kier molecular flexibility index (Phi) is 6.41. The number of hydrogen-bond donors (Lipinski definition) is 2. The van der Waals surface area contributed by atoms with Crippen molar-refractivity contribution in [1.29, 1.82) is 0 Å². The summed E-state index contributed by atoms with van der Waals surface area (Å²) in [6, 6.07) is 15.8. The molecule has 0 saturated heterocycles. The fourth-order valence-electron chi connectivity index (χ4n) is 2.99. The Morgan fingerprint density at radius 3 is 2.78 bits per heavy atom. The Balaban J connectivity index is 1.50. The van der Waals surface area contributed by atoms with Crippen molar-refractivity contribution in [3.63, 3.8) is 0 Å². The lowest BCUT2D eigenvalue weighted by Crippen LogP contribution is -2.37. The number of fused-ring (bicyclic) bond motifs is 1. The maximum atomic E-state index is 6.10. The van der Waals surface area contributed by atoms with Crippen molar-refractivity contribution < 1.29 is 14.2 Å². The van der Waals surface area contributed by atoms with Crippen LogP contribution in [0.2, 0.25) is 0 Å². The van der Waals surface area contributed by atoms with E-state index in [0.29, 0.717) is 25.7 Å². The lowest BCUT2D eigenvalue weighted by molar-refractivity contribution is 0.251. The minimum atomic E-state index is 0.124. The summed E-state index contributed by atoms with van der Waals surface area (Å²) in [5, 5.41) is 3.31. The van der Waals surface area contributed by atoms with Gasteiger partial charge in [-0.2, -0.15) is 0 Å². The van der Waals surface area contributed by atoms with Crippen LogP contribution in [0.1, 0.15) is 24.9 Å². The van der Waals surface area contributed by atoms with Crippen molar-refractivity contribution in [3.8, 4) is 17.2 Å². The van der Waals surface area contributed by atoms with E-state index in [9.17, 15) is 0 Å². The average molecular weight is 369 g/mol. The number of ether oxygens (including phenoxy) is 3. The van der Waals surface area contributed by atoms with Gasteiger partial charge in [-0.05, 0) is 18.2 Å². The van der Waals surface area contributed by atoms with Crippen molar-refractivity contribution in [2.24, 2.45) is 16.6 Å². The molecule has 6 heteroatoms. The number of aliphatic imine (C=N–C) groups is 1. The molecule has 3 rings (SSSR count). The van der Waals surface area contributed by atoms with Gasteiger partial charge in [0.15, 0.2) is 17.5 Å². The van der Waals surface area contributed by atoms with Gasteiger partial charge >= 0.3 is 0 Å². The smallest absolute Gasteiger partial charge is 0.189 e. The van der Waals surface area contributed by atoms with Gasteiger partial charge in [0.05, 0.1) is 26.4 Å². The molecule has 2 aromatic carbocycles. The molecular formula is C21H27N3O3. The van der Waals surface area contributed by atoms with Crippen LogP contribution in [0, 0.1) is 5.92 Å². The Morgan fingerprint density at radius 1 is 1.22 bits per heavy atom. The van der Waals surface area contributed by atoms with E-state index in [2.05, 4.69) is 23.3 Å². The predicted molar refractivity (Wildman–Crippen MR) is 107 cm³/mol. The van der Waals surface area contributed by atoms with Crippen LogP contribution in [0.15, 0.2) is 53.5 Å². The molecule has 0 fully saturated rings. The molecule has 2 aromatic rings. The summed E-state index contributed by atoms with van der Waals surface area (Å²) in [6.07, 6.45) is 0.861. The van der Waals surface area contributed by atoms with Crippen LogP contribution in [0.4, 0.5) is 0 Å². The first-order chi connectivity index (χ1) is 13.2. The number of nitrogens with one attached hydrogen (secondary N) is 1. The highest BCUT2D eigenvalue weighted by atomic mass is 16.5. The number of rotatable bonds is 7. The van der Waals surface area contributed by atoms with E-state index in [1.54, 1.807) is 7.11 Å². The number of nitrogens with zero attached hydrogens (tertiary/aromatic N) is 1. The number of hydrogen-bond acceptors (Lipinski definition) is 4. The Morgan fingerprint density at radius 2 is 1.96 bits per heavy atom. The zero-order valence-corrected chi connectivity index (χ0v) is 15.9. The SMILES string of the molecule is COc1ccccc1OCC(C)CN=C(N)NC1CCOc2ccccc21. The lowest BCUT2D eigenvalue weighted by atomic mass is 10.0. The topological polar surface area (TPSA) is 78.1 Å². The summed E-state index contributed by atoms with van der Waals surface area (Å²) in [4.78, 5) is 4.48. The largest absolute Gasteiger partial charge is 0.493 e. The third-order valence-electron chi connectivity index (χ3n) is 4.45. The average Bonchev–Trinajstić information content (AvgIpc) is 2.71. The quantitative estimate of drug-likeness (QED) is 0.579. The third kappa shape index (κ3) is 5.06. The summed E-state index contributed by atoms with van der Waals surface area (Å²) >= 11 is 0. The van der Waals surface area contributed by atoms with Gasteiger partial charge in [0.1, 0.15) is 5.75 Å². The fraction of sp³-hybridized carbons (Fsp3) is 0.381. The van der Waals surface area contributed by atoms with E-state index < -0.39 is 0 Å². The molecule has 27 heavy (non-hydrogen) atoms. The highest BCUT2D eigenvalue weighted by molar-refractivity contribution is 5.78. The first-order valence-electron chi connectivity index (χ1n) is 9.21. The van der Waals surface area contributed by atoms with Crippen LogP contribution in [0.25, 0.3) is 0 Å². The molecule has 0 aliphatic carbocycles. The van der Waals surface area contributed by atoms with Gasteiger partial charge in [-0.3, -0.25) is 4.99 Å². The van der Waals surface area contributed by atoms with Crippen LogP contribution in [0.3, 0.4) is 0 Å². The van der Waals surface area contributed by atoms with Crippen molar-refractivity contribution >= 4 is 5.96 Å². The monoisotopic (exact) mass is 369 g/mol. The standard InChI is InChI=1S/C21H27N3O3/c1-15(14-27-20-10-6-5-9-19(20)25-2)13-23-21(22)24-17-11-12-26-18-8-4-3-7-16(17)18/h3-10,15,17H,11-14H2,1-2H3,(H3,22,23,24). The van der Waals surface area contributed by atoms with Crippen molar-refractivity contribution in [2.45, 2.75) is 19.4 Å². The number of guanidine groups is 1. The molecule has 0 radical (unpaired) electrons. The van der Waals surface area contributed by atoms with Gasteiger partial charge in [0.2, 0.25) is 0 Å². The molecule has 6 nitrogen and oxygen atoms in total. The fourth-order valence-corrected chi connectivity index (χ4v) is 2.99. The summed E-state index contributed by atoms with van der Waals surface area (Å²) in [5.41, 5.74) is 7.22. The first-order valence-corrected chi connectivity index (χ1v) is 9.21. The number of methoxy groups -OCH3 is 1. The second-order valence-electron chi connectivity index (χ2n) is 6.66. The zero-order valence-electron chi connectivity index (χ0n) is 15.9. The van der Waals surface area contributed by atoms with E-state index in [-0.39, 0.29) is 12.0 Å². The van der Waals surface area contributed by atoms with Gasteiger partial charge in [-0.15, -0.1) is 0 Å². The highest BCUT2D eigenvalue weighted by Crippen LogP contribution is 2.31. The molecule has 0 aromatic heterocycles. The Hall–Kier alpha value is -2.89. The van der Waals surface area contributed by atoms with Crippen LogP contribution >= 0.6 is 0 Å². The van der Waals surface area contributed by atoms with Crippen LogP contribution in [-0.4, -0.2) is 32.8 Å². The number of para-hydroxylation sites is 3. The molecule has 0 spiro atoms. The summed E-state index contributed by atoms with van der Waals surface area (Å²) in [5.74, 6) is 3.04. The van der Waals surface area contributed by atoms with Gasteiger partial charge in [0.25, 0.3) is 0 Å². The summed E-state index contributed by atoms with van der Waals surface area (Å²) in [7, 11) is 1.64. The summed E-state index contributed by atoms with van der Waals surface area (Å²) < 4.78 is 16.8. The van der Waals surface area contributed by atoms with E-state index >= 15 is 0 Å². The van der Waals surface area contributed by atoms with E-state index in [4.69, 9.17) is 19.9 Å². The minimum absolute atomic E-state index is 0.124. The number of nitrogens with two attached hydrogens (primary N) is 1. The summed E-state index contributed by atoms with van der Waals surface area (Å²) in [6.45, 7) is 3.87. The van der Waals surface area contributed by atoms with E-state index in [1.165, 1.54) is 0 Å². The maximum absolute atomic E-state index is 6.10. The molecule has 0 amide bonds. The molecule has 1 heterocycles. The highest BCUT2D eigenvalue weighted by Gasteiger charge is 2.21. The molecule has 1 aliphatic rings. The predicted octanol–water partition coefficient (Wildman–Crippen LogP) is 3.14. The second kappa shape index (κ2) is 9.16. The molecule has 1 aliphatic heterocycles. The Bertz CT molecular complexity index is 779. The van der Waals surface area contributed by atoms with Crippen LogP contribution in [0.5, 0.6) is 17.2 Å². The third-order valence-corrected chi connectivity index (χ3v) is 4.45. The van der Waals surface area contributed by atoms with Crippen molar-refractivity contribution in [2.75, 3.05) is 26.9 Å². The normalized spacial score (nSPS) is 17.4.